The maximum absolute atomic E-state index is 12.9. The molecule has 0 aromatic heterocycles. The van der Waals surface area contributed by atoms with Crippen molar-refractivity contribution in [2.45, 2.75) is 6.42 Å². The summed E-state index contributed by atoms with van der Waals surface area (Å²) >= 11 is 0. The van der Waals surface area contributed by atoms with E-state index in [4.69, 9.17) is 0 Å². The maximum Gasteiger partial charge on any atom is 0.238 e. The Kier molecular flexibility index (Phi) is 6.32. The van der Waals surface area contributed by atoms with E-state index >= 15 is 0 Å². The average Bonchev–Trinajstić information content (AvgIpc) is 2.28. The number of hydrogen-bond acceptors (Lipinski definition) is 3. The van der Waals surface area contributed by atoms with Crippen molar-refractivity contribution in [3.05, 3.63) is 30.1 Å². The third-order valence-corrected chi connectivity index (χ3v) is 2.35. The first kappa shape index (κ1) is 14.6. The molecule has 0 unspecified atom stereocenters. The molecule has 0 aliphatic heterocycles. The Hall–Kier alpha value is -1.46. The molecule has 0 saturated heterocycles. The molecule has 0 fully saturated rings. The molecule has 0 spiro atoms. The van der Waals surface area contributed by atoms with E-state index in [1.807, 2.05) is 14.1 Å². The van der Waals surface area contributed by atoms with Crippen LogP contribution >= 0.6 is 0 Å². The molecule has 0 radical (unpaired) electrons. The van der Waals surface area contributed by atoms with Crippen molar-refractivity contribution in [2.75, 3.05) is 39.0 Å². The van der Waals surface area contributed by atoms with Gasteiger partial charge in [0.1, 0.15) is 5.82 Å². The number of rotatable bonds is 7. The Morgan fingerprint density at radius 2 is 2.17 bits per heavy atom. The normalized spacial score (nSPS) is 10.7. The molecule has 18 heavy (non-hydrogen) atoms. The van der Waals surface area contributed by atoms with Gasteiger partial charge in [-0.25, -0.2) is 4.39 Å². The summed E-state index contributed by atoms with van der Waals surface area (Å²) in [6.07, 6.45) is 0.986. The molecule has 1 rings (SSSR count). The summed E-state index contributed by atoms with van der Waals surface area (Å²) in [7, 11) is 4.02. The minimum absolute atomic E-state index is 0.162. The smallest absolute Gasteiger partial charge is 0.238 e. The summed E-state index contributed by atoms with van der Waals surface area (Å²) < 4.78 is 12.9. The molecular weight excluding hydrogens is 233 g/mol. The van der Waals surface area contributed by atoms with Gasteiger partial charge in [0.05, 0.1) is 6.54 Å². The van der Waals surface area contributed by atoms with Gasteiger partial charge in [-0.2, -0.15) is 0 Å². The van der Waals surface area contributed by atoms with Crippen LogP contribution in [0.15, 0.2) is 24.3 Å². The number of anilines is 1. The lowest BCUT2D eigenvalue weighted by Crippen LogP contribution is -2.30. The highest BCUT2D eigenvalue weighted by Gasteiger charge is 2.02. The molecule has 0 atom stereocenters. The molecule has 0 aliphatic carbocycles. The summed E-state index contributed by atoms with van der Waals surface area (Å²) in [4.78, 5) is 13.6. The molecular formula is C13H20FN3O. The number of hydrogen-bond donors (Lipinski definition) is 2. The highest BCUT2D eigenvalue weighted by atomic mass is 19.1. The second-order valence-electron chi connectivity index (χ2n) is 4.39. The van der Waals surface area contributed by atoms with Gasteiger partial charge in [0, 0.05) is 5.69 Å². The fourth-order valence-electron chi connectivity index (χ4n) is 1.49. The van der Waals surface area contributed by atoms with E-state index in [2.05, 4.69) is 15.5 Å². The van der Waals surface area contributed by atoms with Crippen LogP contribution < -0.4 is 10.6 Å². The number of carbonyl (C=O) groups excluding carboxylic acids is 1. The number of carbonyl (C=O) groups is 1. The molecule has 2 N–H and O–H groups in total. The van der Waals surface area contributed by atoms with Crippen LogP contribution in [-0.2, 0) is 4.79 Å². The third kappa shape index (κ3) is 6.32. The highest BCUT2D eigenvalue weighted by Crippen LogP contribution is 2.08. The van der Waals surface area contributed by atoms with Crippen molar-refractivity contribution in [3.63, 3.8) is 0 Å². The monoisotopic (exact) mass is 253 g/mol. The minimum atomic E-state index is -0.355. The molecule has 5 heteroatoms. The van der Waals surface area contributed by atoms with Crippen molar-refractivity contribution >= 4 is 11.6 Å². The lowest BCUT2D eigenvalue weighted by atomic mass is 10.3. The first-order chi connectivity index (χ1) is 8.58. The number of benzene rings is 1. The predicted octanol–water partition coefficient (Wildman–Crippen LogP) is 1.31. The van der Waals surface area contributed by atoms with E-state index in [0.29, 0.717) is 5.69 Å². The molecule has 0 heterocycles. The summed E-state index contributed by atoms with van der Waals surface area (Å²) in [5, 5.41) is 5.67. The zero-order valence-corrected chi connectivity index (χ0v) is 10.9. The van der Waals surface area contributed by atoms with Crippen LogP contribution in [0.2, 0.25) is 0 Å². The van der Waals surface area contributed by atoms with E-state index < -0.39 is 0 Å². The van der Waals surface area contributed by atoms with Gasteiger partial charge in [0.15, 0.2) is 0 Å². The quantitative estimate of drug-likeness (QED) is 0.720. The molecule has 0 aliphatic rings. The van der Waals surface area contributed by atoms with Gasteiger partial charge >= 0.3 is 0 Å². The summed E-state index contributed by atoms with van der Waals surface area (Å²) in [5.41, 5.74) is 0.482. The Morgan fingerprint density at radius 3 is 2.83 bits per heavy atom. The standard InChI is InChI=1S/C13H20FN3O/c1-17(2)8-4-7-15-10-13(18)16-12-6-3-5-11(14)9-12/h3,5-6,9,15H,4,7-8,10H2,1-2H3,(H,16,18). The van der Waals surface area contributed by atoms with E-state index in [1.54, 1.807) is 12.1 Å². The minimum Gasteiger partial charge on any atom is -0.325 e. The van der Waals surface area contributed by atoms with Crippen LogP contribution in [0, 0.1) is 5.82 Å². The summed E-state index contributed by atoms with van der Waals surface area (Å²) in [6, 6.07) is 5.86. The van der Waals surface area contributed by atoms with Gasteiger partial charge in [-0.15, -0.1) is 0 Å². The van der Waals surface area contributed by atoms with E-state index in [1.165, 1.54) is 12.1 Å². The van der Waals surface area contributed by atoms with Crippen LogP contribution in [0.25, 0.3) is 0 Å². The van der Waals surface area contributed by atoms with Gasteiger partial charge in [-0.3, -0.25) is 4.79 Å². The first-order valence-electron chi connectivity index (χ1n) is 5.99. The van der Waals surface area contributed by atoms with Gasteiger partial charge in [-0.05, 0) is 51.8 Å². The van der Waals surface area contributed by atoms with Crippen molar-refractivity contribution in [3.8, 4) is 0 Å². The fourth-order valence-corrected chi connectivity index (χ4v) is 1.49. The van der Waals surface area contributed by atoms with Gasteiger partial charge in [0.25, 0.3) is 0 Å². The maximum atomic E-state index is 12.9. The lowest BCUT2D eigenvalue weighted by Gasteiger charge is -2.10. The zero-order chi connectivity index (χ0) is 13.4. The second-order valence-corrected chi connectivity index (χ2v) is 4.39. The largest absolute Gasteiger partial charge is 0.325 e. The van der Waals surface area contributed by atoms with E-state index in [9.17, 15) is 9.18 Å². The van der Waals surface area contributed by atoms with Crippen LogP contribution in [-0.4, -0.2) is 44.5 Å². The van der Waals surface area contributed by atoms with Crippen LogP contribution in [0.3, 0.4) is 0 Å². The average molecular weight is 253 g/mol. The van der Waals surface area contributed by atoms with Crippen LogP contribution in [0.1, 0.15) is 6.42 Å². The molecule has 1 amide bonds. The van der Waals surface area contributed by atoms with E-state index in [0.717, 1.165) is 19.5 Å². The topological polar surface area (TPSA) is 44.4 Å². The van der Waals surface area contributed by atoms with Gasteiger partial charge in [-0.1, -0.05) is 6.07 Å². The number of nitrogens with zero attached hydrogens (tertiary/aromatic N) is 1. The number of amides is 1. The van der Waals surface area contributed by atoms with Crippen LogP contribution in [0.4, 0.5) is 10.1 Å². The summed E-state index contributed by atoms with van der Waals surface area (Å²) in [5.74, 6) is -0.516. The van der Waals surface area contributed by atoms with Gasteiger partial charge in [0.2, 0.25) is 5.91 Å². The van der Waals surface area contributed by atoms with Crippen LogP contribution in [0.5, 0.6) is 0 Å². The second kappa shape index (κ2) is 7.79. The third-order valence-electron chi connectivity index (χ3n) is 2.35. The lowest BCUT2D eigenvalue weighted by molar-refractivity contribution is -0.115. The van der Waals surface area contributed by atoms with Crippen molar-refractivity contribution in [2.24, 2.45) is 0 Å². The Bertz CT molecular complexity index is 382. The Balaban J connectivity index is 2.18. The number of halogens is 1. The van der Waals surface area contributed by atoms with E-state index in [-0.39, 0.29) is 18.3 Å². The molecule has 1 aromatic rings. The SMILES string of the molecule is CN(C)CCCNCC(=O)Nc1cccc(F)c1. The van der Waals surface area contributed by atoms with Crippen molar-refractivity contribution in [1.29, 1.82) is 0 Å². The molecule has 0 saturated carbocycles. The molecule has 4 nitrogen and oxygen atoms in total. The van der Waals surface area contributed by atoms with Gasteiger partial charge < -0.3 is 15.5 Å². The first-order valence-corrected chi connectivity index (χ1v) is 5.99. The Morgan fingerprint density at radius 1 is 1.39 bits per heavy atom. The fraction of sp³-hybridized carbons (Fsp3) is 0.462. The summed E-state index contributed by atoms with van der Waals surface area (Å²) in [6.45, 7) is 2.01. The molecule has 100 valence electrons. The zero-order valence-electron chi connectivity index (χ0n) is 10.9. The Labute approximate surface area is 107 Å². The molecule has 1 aromatic carbocycles. The number of nitrogens with one attached hydrogen (secondary N) is 2. The highest BCUT2D eigenvalue weighted by molar-refractivity contribution is 5.92. The van der Waals surface area contributed by atoms with Crippen molar-refractivity contribution in [1.82, 2.24) is 10.2 Å². The molecule has 0 bridgehead atoms. The van der Waals surface area contributed by atoms with Crippen molar-refractivity contribution < 1.29 is 9.18 Å². The predicted molar refractivity (Wildman–Crippen MR) is 71.1 cm³/mol.